The molecule has 24 heavy (non-hydrogen) atoms. The Hall–Kier alpha value is -2.43. The van der Waals surface area contributed by atoms with Gasteiger partial charge in [0, 0.05) is 19.0 Å². The number of fused-ring (bicyclic) bond motifs is 2. The molecule has 4 rings (SSSR count). The molecule has 5 heteroatoms. The van der Waals surface area contributed by atoms with Gasteiger partial charge in [-0.2, -0.15) is 0 Å². The van der Waals surface area contributed by atoms with Crippen molar-refractivity contribution >= 4 is 5.69 Å². The maximum Gasteiger partial charge on any atom is 0.162 e. The van der Waals surface area contributed by atoms with Crippen LogP contribution in [0.1, 0.15) is 16.7 Å². The average Bonchev–Trinajstić information content (AvgIpc) is 2.57. The molecule has 4 nitrogen and oxygen atoms in total. The first-order chi connectivity index (χ1) is 11.6. The Morgan fingerprint density at radius 3 is 2.67 bits per heavy atom. The van der Waals surface area contributed by atoms with Gasteiger partial charge in [0.15, 0.2) is 11.5 Å². The van der Waals surface area contributed by atoms with Crippen molar-refractivity contribution in [3.8, 4) is 17.2 Å². The predicted molar refractivity (Wildman–Crippen MR) is 89.9 cm³/mol. The van der Waals surface area contributed by atoms with Crippen LogP contribution in [0, 0.1) is 19.7 Å². The molecule has 0 aliphatic carbocycles. The number of hydrogen-bond donors (Lipinski definition) is 1. The Labute approximate surface area is 140 Å². The fourth-order valence-corrected chi connectivity index (χ4v) is 3.07. The van der Waals surface area contributed by atoms with E-state index in [1.807, 2.05) is 26.0 Å². The van der Waals surface area contributed by atoms with Crippen molar-refractivity contribution in [1.29, 1.82) is 0 Å². The van der Waals surface area contributed by atoms with Crippen LogP contribution in [0.2, 0.25) is 0 Å². The molecule has 1 atom stereocenters. The van der Waals surface area contributed by atoms with E-state index in [4.69, 9.17) is 14.2 Å². The van der Waals surface area contributed by atoms with Gasteiger partial charge in [-0.05, 0) is 48.7 Å². The highest BCUT2D eigenvalue weighted by Crippen LogP contribution is 2.36. The quantitative estimate of drug-likeness (QED) is 0.913. The summed E-state index contributed by atoms with van der Waals surface area (Å²) in [7, 11) is 0. The normalized spacial score (nSPS) is 18.4. The number of ether oxygens (including phenoxy) is 3. The summed E-state index contributed by atoms with van der Waals surface area (Å²) in [6.07, 6.45) is 0.221. The molecular weight excluding hydrogens is 309 g/mol. The predicted octanol–water partition coefficient (Wildman–Crippen LogP) is 3.63. The van der Waals surface area contributed by atoms with Crippen LogP contribution in [0.25, 0.3) is 0 Å². The molecule has 0 amide bonds. The topological polar surface area (TPSA) is 39.7 Å². The molecule has 2 heterocycles. The second kappa shape index (κ2) is 5.89. The lowest BCUT2D eigenvalue weighted by molar-refractivity contribution is 0.0904. The molecule has 1 N–H and O–H groups in total. The van der Waals surface area contributed by atoms with Gasteiger partial charge in [-0.3, -0.25) is 0 Å². The first kappa shape index (κ1) is 15.1. The number of benzene rings is 2. The summed E-state index contributed by atoms with van der Waals surface area (Å²) >= 11 is 0. The lowest BCUT2D eigenvalue weighted by Crippen LogP contribution is -2.31. The summed E-state index contributed by atoms with van der Waals surface area (Å²) in [6.45, 7) is 5.77. The van der Waals surface area contributed by atoms with Crippen molar-refractivity contribution in [2.75, 3.05) is 25.1 Å². The summed E-state index contributed by atoms with van der Waals surface area (Å²) in [5.41, 5.74) is 3.61. The van der Waals surface area contributed by atoms with Crippen LogP contribution in [0.3, 0.4) is 0 Å². The van der Waals surface area contributed by atoms with Crippen LogP contribution in [-0.4, -0.2) is 25.9 Å². The largest absolute Gasteiger partial charge is 0.490 e. The van der Waals surface area contributed by atoms with Gasteiger partial charge >= 0.3 is 0 Å². The molecule has 2 aromatic rings. The van der Waals surface area contributed by atoms with Crippen molar-refractivity contribution in [2.45, 2.75) is 26.4 Å². The summed E-state index contributed by atoms with van der Waals surface area (Å²) in [5.74, 6) is 1.93. The zero-order valence-electron chi connectivity index (χ0n) is 13.8. The fraction of sp³-hybridized carbons (Fsp3) is 0.368. The van der Waals surface area contributed by atoms with Crippen molar-refractivity contribution in [2.24, 2.45) is 0 Å². The minimum Gasteiger partial charge on any atom is -0.490 e. The van der Waals surface area contributed by atoms with Gasteiger partial charge in [0.1, 0.15) is 30.9 Å². The second-order valence-corrected chi connectivity index (χ2v) is 6.35. The molecule has 126 valence electrons. The third-order valence-electron chi connectivity index (χ3n) is 4.55. The SMILES string of the molecule is Cc1cc2c(cc1C)OC(Cc1cc3c(cc1F)NCCO3)CO2. The highest BCUT2D eigenvalue weighted by atomic mass is 19.1. The molecule has 0 spiro atoms. The highest BCUT2D eigenvalue weighted by molar-refractivity contribution is 5.59. The zero-order chi connectivity index (χ0) is 16.7. The molecule has 0 bridgehead atoms. The van der Waals surface area contributed by atoms with E-state index in [-0.39, 0.29) is 11.9 Å². The molecule has 0 radical (unpaired) electrons. The molecule has 0 fully saturated rings. The number of nitrogens with one attached hydrogen (secondary N) is 1. The van der Waals surface area contributed by atoms with Gasteiger partial charge in [0.2, 0.25) is 0 Å². The fourth-order valence-electron chi connectivity index (χ4n) is 3.07. The third kappa shape index (κ3) is 2.75. The van der Waals surface area contributed by atoms with E-state index in [1.54, 1.807) is 6.07 Å². The maximum absolute atomic E-state index is 14.4. The van der Waals surface area contributed by atoms with E-state index in [0.29, 0.717) is 43.2 Å². The minimum absolute atomic E-state index is 0.219. The first-order valence-electron chi connectivity index (χ1n) is 8.20. The maximum atomic E-state index is 14.4. The standard InChI is InChI=1S/C19H20FNO3/c1-11-5-18-19(6-12(11)2)24-14(10-23-18)7-13-8-17-16(9-15(13)20)21-3-4-22-17/h5-6,8-9,14,21H,3-4,7,10H2,1-2H3. The van der Waals surface area contributed by atoms with Gasteiger partial charge < -0.3 is 19.5 Å². The Balaban J connectivity index is 1.55. The highest BCUT2D eigenvalue weighted by Gasteiger charge is 2.24. The van der Waals surface area contributed by atoms with Crippen LogP contribution >= 0.6 is 0 Å². The van der Waals surface area contributed by atoms with Crippen LogP contribution in [0.4, 0.5) is 10.1 Å². The zero-order valence-corrected chi connectivity index (χ0v) is 13.8. The Morgan fingerprint density at radius 1 is 1.04 bits per heavy atom. The molecule has 0 saturated heterocycles. The van der Waals surface area contributed by atoms with Crippen LogP contribution in [-0.2, 0) is 6.42 Å². The summed E-state index contributed by atoms with van der Waals surface area (Å²) < 4.78 is 31.8. The van der Waals surface area contributed by atoms with Crippen LogP contribution in [0.15, 0.2) is 24.3 Å². The smallest absolute Gasteiger partial charge is 0.162 e. The third-order valence-corrected chi connectivity index (χ3v) is 4.55. The van der Waals surface area contributed by atoms with Crippen molar-refractivity contribution in [1.82, 2.24) is 0 Å². The number of anilines is 1. The van der Waals surface area contributed by atoms with Gasteiger partial charge in [-0.1, -0.05) is 0 Å². The molecule has 0 saturated carbocycles. The average molecular weight is 329 g/mol. The van der Waals surface area contributed by atoms with Gasteiger partial charge in [0.05, 0.1) is 5.69 Å². The van der Waals surface area contributed by atoms with E-state index >= 15 is 0 Å². The molecular formula is C19H20FNO3. The van der Waals surface area contributed by atoms with Gasteiger partial charge in [-0.25, -0.2) is 4.39 Å². The minimum atomic E-state index is -0.249. The summed E-state index contributed by atoms with van der Waals surface area (Å²) in [5, 5.41) is 3.14. The van der Waals surface area contributed by atoms with E-state index in [1.165, 1.54) is 11.6 Å². The molecule has 2 aliphatic heterocycles. The number of aryl methyl sites for hydroxylation is 2. The lowest BCUT2D eigenvalue weighted by Gasteiger charge is -2.28. The first-order valence-corrected chi connectivity index (χ1v) is 8.20. The van der Waals surface area contributed by atoms with Gasteiger partial charge in [-0.15, -0.1) is 0 Å². The van der Waals surface area contributed by atoms with Crippen molar-refractivity contribution in [3.05, 3.63) is 46.8 Å². The van der Waals surface area contributed by atoms with E-state index in [2.05, 4.69) is 5.32 Å². The number of halogens is 1. The monoisotopic (exact) mass is 329 g/mol. The van der Waals surface area contributed by atoms with Crippen molar-refractivity contribution < 1.29 is 18.6 Å². The Bertz CT molecular complexity index is 791. The lowest BCUT2D eigenvalue weighted by atomic mass is 10.0. The molecule has 0 aromatic heterocycles. The second-order valence-electron chi connectivity index (χ2n) is 6.35. The van der Waals surface area contributed by atoms with E-state index < -0.39 is 0 Å². The van der Waals surface area contributed by atoms with Crippen LogP contribution < -0.4 is 19.5 Å². The van der Waals surface area contributed by atoms with E-state index in [9.17, 15) is 4.39 Å². The van der Waals surface area contributed by atoms with Crippen LogP contribution in [0.5, 0.6) is 17.2 Å². The van der Waals surface area contributed by atoms with Crippen molar-refractivity contribution in [3.63, 3.8) is 0 Å². The Kier molecular flexibility index (Phi) is 3.71. The molecule has 2 aliphatic rings. The molecule has 2 aromatic carbocycles. The summed E-state index contributed by atoms with van der Waals surface area (Å²) in [4.78, 5) is 0. The summed E-state index contributed by atoms with van der Waals surface area (Å²) in [6, 6.07) is 7.22. The van der Waals surface area contributed by atoms with E-state index in [0.717, 1.165) is 17.1 Å². The number of hydrogen-bond acceptors (Lipinski definition) is 4. The van der Waals surface area contributed by atoms with Gasteiger partial charge in [0.25, 0.3) is 0 Å². The Morgan fingerprint density at radius 2 is 1.83 bits per heavy atom. The number of rotatable bonds is 2. The molecule has 1 unspecified atom stereocenters.